The van der Waals surface area contributed by atoms with Gasteiger partial charge in [-0.3, -0.25) is 10.1 Å². The predicted octanol–water partition coefficient (Wildman–Crippen LogP) is 2.15. The molecule has 4 aromatic rings. The highest BCUT2D eigenvalue weighted by atomic mass is 35.5. The number of hydrogen-bond acceptors (Lipinski definition) is 5. The minimum Gasteiger partial charge on any atom is -0.870 e. The molecule has 2 N–H and O–H groups in total. The van der Waals surface area contributed by atoms with Crippen LogP contribution in [-0.4, -0.2) is 25.3 Å². The molecule has 10 heteroatoms. The zero-order valence-electron chi connectivity index (χ0n) is 13.4. The molecular formula is C16H12ClN5O4. The number of pyridine rings is 2. The summed E-state index contributed by atoms with van der Waals surface area (Å²) in [5.41, 5.74) is 1.03. The molecule has 0 saturated carbocycles. The molecule has 0 aliphatic carbocycles. The van der Waals surface area contributed by atoms with E-state index in [-0.39, 0.29) is 16.7 Å². The first-order valence-corrected chi connectivity index (χ1v) is 7.71. The fourth-order valence-corrected chi connectivity index (χ4v) is 3.10. The van der Waals surface area contributed by atoms with Gasteiger partial charge >= 0.3 is 5.56 Å². The Hall–Kier alpha value is -3.30. The second-order valence-electron chi connectivity index (χ2n) is 5.51. The van der Waals surface area contributed by atoms with E-state index in [2.05, 4.69) is 10.2 Å². The highest BCUT2D eigenvalue weighted by molar-refractivity contribution is 6.29. The van der Waals surface area contributed by atoms with E-state index in [1.807, 2.05) is 0 Å². The van der Waals surface area contributed by atoms with Crippen LogP contribution in [0.1, 0.15) is 5.56 Å². The first-order valence-electron chi connectivity index (χ1n) is 7.33. The second kappa shape index (κ2) is 6.21. The Morgan fingerprint density at radius 2 is 2.00 bits per heavy atom. The third kappa shape index (κ3) is 2.41. The molecule has 132 valence electrons. The quantitative estimate of drug-likeness (QED) is 0.249. The van der Waals surface area contributed by atoms with Crippen molar-refractivity contribution < 1.29 is 14.9 Å². The Kier molecular flexibility index (Phi) is 4.18. The molecule has 0 aliphatic heterocycles. The number of halogens is 1. The van der Waals surface area contributed by atoms with E-state index in [0.717, 1.165) is 0 Å². The van der Waals surface area contributed by atoms with Crippen LogP contribution in [0.15, 0.2) is 47.4 Å². The Labute approximate surface area is 150 Å². The number of nitro groups is 1. The molecule has 0 saturated heterocycles. The SMILES string of the molecule is Cc1c([N+](=O)[O-])c2ccccc2[n+]2[nH]n(-c3ccc(Cl)nc3)c(=O)c12.[OH-]. The number of fused-ring (bicyclic) bond motifs is 3. The van der Waals surface area contributed by atoms with E-state index in [4.69, 9.17) is 11.6 Å². The normalized spacial score (nSPS) is 10.8. The van der Waals surface area contributed by atoms with Crippen molar-refractivity contribution in [2.75, 3.05) is 0 Å². The number of nitrogens with one attached hydrogen (secondary N) is 1. The van der Waals surface area contributed by atoms with Crippen LogP contribution < -0.4 is 10.1 Å². The summed E-state index contributed by atoms with van der Waals surface area (Å²) in [6.07, 6.45) is 1.45. The fraction of sp³-hybridized carbons (Fsp3) is 0.0625. The van der Waals surface area contributed by atoms with Crippen molar-refractivity contribution in [2.24, 2.45) is 0 Å². The van der Waals surface area contributed by atoms with Gasteiger partial charge in [0.2, 0.25) is 0 Å². The fourth-order valence-electron chi connectivity index (χ4n) is 2.99. The first kappa shape index (κ1) is 17.5. The molecule has 0 radical (unpaired) electrons. The number of hydrogen-bond donors (Lipinski definition) is 1. The van der Waals surface area contributed by atoms with Crippen molar-refractivity contribution >= 4 is 33.7 Å². The molecule has 3 heterocycles. The standard InChI is InChI=1S/C16H10ClN5O3.H2O/c1-9-14(22(24)25)11-4-2-3-5-12(11)21-15(9)16(23)20(19-21)10-6-7-13(17)18-8-10;/h2-8H,1H3;1H2. The lowest BCUT2D eigenvalue weighted by molar-refractivity contribution is -0.556. The monoisotopic (exact) mass is 373 g/mol. The molecule has 4 rings (SSSR count). The summed E-state index contributed by atoms with van der Waals surface area (Å²) in [6, 6.07) is 10.1. The number of aromatic nitrogens is 4. The maximum absolute atomic E-state index is 12.9. The topological polar surface area (TPSA) is 128 Å². The number of H-pyrrole nitrogens is 1. The van der Waals surface area contributed by atoms with Gasteiger partial charge in [-0.2, -0.15) is 0 Å². The van der Waals surface area contributed by atoms with E-state index in [1.165, 1.54) is 10.9 Å². The van der Waals surface area contributed by atoms with Crippen LogP contribution in [0.25, 0.3) is 22.1 Å². The third-order valence-corrected chi connectivity index (χ3v) is 4.32. The lowest BCUT2D eigenvalue weighted by Crippen LogP contribution is -2.27. The molecule has 0 fully saturated rings. The van der Waals surface area contributed by atoms with E-state index >= 15 is 0 Å². The molecule has 0 atom stereocenters. The third-order valence-electron chi connectivity index (χ3n) is 4.09. The molecule has 0 unspecified atom stereocenters. The van der Waals surface area contributed by atoms with Crippen molar-refractivity contribution in [3.63, 3.8) is 0 Å². The molecule has 9 nitrogen and oxygen atoms in total. The molecule has 26 heavy (non-hydrogen) atoms. The molecule has 0 spiro atoms. The number of benzene rings is 1. The summed E-state index contributed by atoms with van der Waals surface area (Å²) in [4.78, 5) is 27.9. The summed E-state index contributed by atoms with van der Waals surface area (Å²) >= 11 is 5.79. The Balaban J connectivity index is 0.00000196. The smallest absolute Gasteiger partial charge is 0.407 e. The maximum atomic E-state index is 12.9. The Bertz CT molecular complexity index is 1210. The maximum Gasteiger partial charge on any atom is 0.407 e. The van der Waals surface area contributed by atoms with Crippen LogP contribution in [0, 0.1) is 17.0 Å². The van der Waals surface area contributed by atoms with Crippen molar-refractivity contribution in [3.05, 3.63) is 73.8 Å². The lowest BCUT2D eigenvalue weighted by atomic mass is 10.1. The van der Waals surface area contributed by atoms with Crippen LogP contribution in [0.2, 0.25) is 5.15 Å². The van der Waals surface area contributed by atoms with Gasteiger partial charge in [0, 0.05) is 0 Å². The van der Waals surface area contributed by atoms with Crippen LogP contribution in [-0.2, 0) is 0 Å². The summed E-state index contributed by atoms with van der Waals surface area (Å²) < 4.78 is 2.83. The zero-order valence-corrected chi connectivity index (χ0v) is 14.1. The first-order chi connectivity index (χ1) is 12.0. The lowest BCUT2D eigenvalue weighted by Gasteiger charge is -2.01. The largest absolute Gasteiger partial charge is 0.870 e. The van der Waals surface area contributed by atoms with Crippen molar-refractivity contribution in [1.82, 2.24) is 14.9 Å². The van der Waals surface area contributed by atoms with Gasteiger partial charge in [0.05, 0.1) is 16.7 Å². The van der Waals surface area contributed by atoms with E-state index < -0.39 is 10.5 Å². The average molecular weight is 374 g/mol. The van der Waals surface area contributed by atoms with Gasteiger partial charge in [-0.1, -0.05) is 33.6 Å². The molecule has 3 aromatic heterocycles. The van der Waals surface area contributed by atoms with Gasteiger partial charge in [0.25, 0.3) is 11.2 Å². The van der Waals surface area contributed by atoms with Gasteiger partial charge in [-0.25, -0.2) is 9.78 Å². The zero-order chi connectivity index (χ0) is 17.7. The molecule has 0 aliphatic rings. The number of nitrogens with zero attached hydrogens (tertiary/aromatic N) is 4. The van der Waals surface area contributed by atoms with Gasteiger partial charge in [0.1, 0.15) is 10.5 Å². The second-order valence-corrected chi connectivity index (χ2v) is 5.90. The molecule has 1 aromatic carbocycles. The van der Waals surface area contributed by atoms with Gasteiger partial charge in [0.15, 0.2) is 11.2 Å². The summed E-state index contributed by atoms with van der Waals surface area (Å²) in [6.45, 7) is 1.57. The summed E-state index contributed by atoms with van der Waals surface area (Å²) in [5, 5.41) is 15.3. The summed E-state index contributed by atoms with van der Waals surface area (Å²) in [7, 11) is 0. The minimum atomic E-state index is -0.460. The van der Waals surface area contributed by atoms with Crippen molar-refractivity contribution in [1.29, 1.82) is 0 Å². The van der Waals surface area contributed by atoms with E-state index in [9.17, 15) is 14.9 Å². The molecule has 0 amide bonds. The number of rotatable bonds is 2. The van der Waals surface area contributed by atoms with Crippen molar-refractivity contribution in [2.45, 2.75) is 6.92 Å². The van der Waals surface area contributed by atoms with Crippen LogP contribution in [0.4, 0.5) is 5.69 Å². The number of aromatic amines is 1. The highest BCUT2D eigenvalue weighted by Crippen LogP contribution is 2.28. The Morgan fingerprint density at radius 1 is 1.27 bits per heavy atom. The number of aryl methyl sites for hydroxylation is 1. The van der Waals surface area contributed by atoms with Gasteiger partial charge in [-0.05, 0) is 31.2 Å². The van der Waals surface area contributed by atoms with E-state index in [1.54, 1.807) is 47.8 Å². The predicted molar refractivity (Wildman–Crippen MR) is 93.2 cm³/mol. The number of para-hydroxylation sites is 1. The van der Waals surface area contributed by atoms with E-state index in [0.29, 0.717) is 27.3 Å². The average Bonchev–Trinajstić information content (AvgIpc) is 2.94. The van der Waals surface area contributed by atoms with Gasteiger partial charge < -0.3 is 5.48 Å². The van der Waals surface area contributed by atoms with Gasteiger partial charge in [-0.15, -0.1) is 4.52 Å². The summed E-state index contributed by atoms with van der Waals surface area (Å²) in [5.74, 6) is 0. The van der Waals surface area contributed by atoms with Crippen LogP contribution in [0.5, 0.6) is 0 Å². The highest BCUT2D eigenvalue weighted by Gasteiger charge is 2.29. The molecular weight excluding hydrogens is 362 g/mol. The molecule has 0 bridgehead atoms. The van der Waals surface area contributed by atoms with Crippen LogP contribution in [0.3, 0.4) is 0 Å². The Morgan fingerprint density at radius 3 is 2.65 bits per heavy atom. The van der Waals surface area contributed by atoms with Crippen LogP contribution >= 0.6 is 11.6 Å². The minimum absolute atomic E-state index is 0. The van der Waals surface area contributed by atoms with Crippen molar-refractivity contribution in [3.8, 4) is 5.69 Å².